The SMILES string of the molecule is COc1cccc(-c2nc(CC(=O)N3CCN(C(=O)C(C)(C)C)[C@@H](C)C3)no2)c1. The van der Waals surface area contributed by atoms with Crippen LogP contribution in [0.15, 0.2) is 28.8 Å². The van der Waals surface area contributed by atoms with Crippen LogP contribution in [0.4, 0.5) is 0 Å². The van der Waals surface area contributed by atoms with Crippen LogP contribution in [-0.2, 0) is 16.0 Å². The van der Waals surface area contributed by atoms with Crippen molar-refractivity contribution < 1.29 is 18.8 Å². The number of carbonyl (C=O) groups is 2. The van der Waals surface area contributed by atoms with Gasteiger partial charge in [0.05, 0.1) is 13.5 Å². The first-order chi connectivity index (χ1) is 13.7. The average molecular weight is 400 g/mol. The molecule has 156 valence electrons. The van der Waals surface area contributed by atoms with Gasteiger partial charge in [0, 0.05) is 36.7 Å². The number of rotatable bonds is 4. The van der Waals surface area contributed by atoms with Crippen molar-refractivity contribution in [1.29, 1.82) is 0 Å². The Morgan fingerprint density at radius 2 is 2.03 bits per heavy atom. The van der Waals surface area contributed by atoms with Gasteiger partial charge in [-0.25, -0.2) is 0 Å². The molecule has 1 atom stereocenters. The summed E-state index contributed by atoms with van der Waals surface area (Å²) in [5.74, 6) is 1.42. The highest BCUT2D eigenvalue weighted by Gasteiger charge is 2.35. The molecule has 29 heavy (non-hydrogen) atoms. The zero-order chi connectivity index (χ0) is 21.2. The van der Waals surface area contributed by atoms with Crippen molar-refractivity contribution >= 4 is 11.8 Å². The number of piperazine rings is 1. The molecule has 0 saturated carbocycles. The molecule has 0 spiro atoms. The minimum Gasteiger partial charge on any atom is -0.497 e. The van der Waals surface area contributed by atoms with Crippen molar-refractivity contribution in [2.24, 2.45) is 5.41 Å². The molecule has 0 aliphatic carbocycles. The van der Waals surface area contributed by atoms with Gasteiger partial charge in [-0.1, -0.05) is 32.0 Å². The third kappa shape index (κ3) is 4.75. The summed E-state index contributed by atoms with van der Waals surface area (Å²) in [4.78, 5) is 33.2. The molecule has 0 unspecified atom stereocenters. The quantitative estimate of drug-likeness (QED) is 0.783. The van der Waals surface area contributed by atoms with Crippen LogP contribution in [0.25, 0.3) is 11.5 Å². The second kappa shape index (κ2) is 8.23. The lowest BCUT2D eigenvalue weighted by Crippen LogP contribution is -2.57. The molecule has 3 rings (SSSR count). The van der Waals surface area contributed by atoms with E-state index in [2.05, 4.69) is 10.1 Å². The molecular formula is C21H28N4O4. The zero-order valence-corrected chi connectivity index (χ0v) is 17.6. The fourth-order valence-corrected chi connectivity index (χ4v) is 3.36. The van der Waals surface area contributed by atoms with Crippen molar-refractivity contribution in [1.82, 2.24) is 19.9 Å². The first-order valence-corrected chi connectivity index (χ1v) is 9.75. The molecule has 1 fully saturated rings. The van der Waals surface area contributed by atoms with Crippen LogP contribution in [0.1, 0.15) is 33.5 Å². The number of amides is 2. The number of methoxy groups -OCH3 is 1. The molecule has 2 aromatic rings. The largest absolute Gasteiger partial charge is 0.497 e. The van der Waals surface area contributed by atoms with E-state index in [1.54, 1.807) is 18.1 Å². The molecule has 8 heteroatoms. The number of benzene rings is 1. The summed E-state index contributed by atoms with van der Waals surface area (Å²) in [5.41, 5.74) is 0.306. The van der Waals surface area contributed by atoms with E-state index in [1.165, 1.54) is 0 Å². The fourth-order valence-electron chi connectivity index (χ4n) is 3.36. The molecule has 1 aromatic carbocycles. The number of ether oxygens (including phenoxy) is 1. The second-order valence-electron chi connectivity index (χ2n) is 8.36. The van der Waals surface area contributed by atoms with Gasteiger partial charge in [0.2, 0.25) is 11.8 Å². The summed E-state index contributed by atoms with van der Waals surface area (Å²) in [6.45, 7) is 9.25. The summed E-state index contributed by atoms with van der Waals surface area (Å²) in [6, 6.07) is 7.27. The standard InChI is InChI=1S/C21H28N4O4/c1-14-13-24(9-10-25(14)20(27)21(2,3)4)18(26)12-17-22-19(29-23-17)15-7-6-8-16(11-15)28-5/h6-8,11,14H,9-10,12-13H2,1-5H3/t14-/m0/s1. The van der Waals surface area contributed by atoms with E-state index in [4.69, 9.17) is 9.26 Å². The van der Waals surface area contributed by atoms with Gasteiger partial charge in [-0.05, 0) is 25.1 Å². The normalized spacial score (nSPS) is 17.3. The van der Waals surface area contributed by atoms with Crippen molar-refractivity contribution in [3.05, 3.63) is 30.1 Å². The summed E-state index contributed by atoms with van der Waals surface area (Å²) < 4.78 is 10.5. The highest BCUT2D eigenvalue weighted by Crippen LogP contribution is 2.23. The monoisotopic (exact) mass is 400 g/mol. The molecule has 1 saturated heterocycles. The predicted octanol–water partition coefficient (Wildman–Crippen LogP) is 2.39. The smallest absolute Gasteiger partial charge is 0.258 e. The van der Waals surface area contributed by atoms with Gasteiger partial charge in [0.1, 0.15) is 5.75 Å². The maximum absolute atomic E-state index is 12.7. The Morgan fingerprint density at radius 1 is 1.28 bits per heavy atom. The minimum atomic E-state index is -0.429. The lowest BCUT2D eigenvalue weighted by Gasteiger charge is -2.42. The molecule has 0 N–H and O–H groups in total. The fraction of sp³-hybridized carbons (Fsp3) is 0.524. The van der Waals surface area contributed by atoms with Crippen molar-refractivity contribution in [2.45, 2.75) is 40.2 Å². The van der Waals surface area contributed by atoms with Gasteiger partial charge >= 0.3 is 0 Å². The van der Waals surface area contributed by atoms with Crippen LogP contribution in [0.2, 0.25) is 0 Å². The number of carbonyl (C=O) groups excluding carboxylic acids is 2. The molecular weight excluding hydrogens is 372 g/mol. The van der Waals surface area contributed by atoms with E-state index in [1.807, 2.05) is 50.8 Å². The molecule has 1 aliphatic rings. The Bertz CT molecular complexity index is 887. The van der Waals surface area contributed by atoms with Crippen molar-refractivity contribution in [3.8, 4) is 17.2 Å². The molecule has 8 nitrogen and oxygen atoms in total. The maximum Gasteiger partial charge on any atom is 0.258 e. The highest BCUT2D eigenvalue weighted by atomic mass is 16.5. The van der Waals surface area contributed by atoms with Crippen LogP contribution in [-0.4, -0.2) is 64.5 Å². The van der Waals surface area contributed by atoms with E-state index in [0.29, 0.717) is 37.1 Å². The maximum atomic E-state index is 12.7. The predicted molar refractivity (Wildman–Crippen MR) is 107 cm³/mol. The van der Waals surface area contributed by atoms with Crippen LogP contribution < -0.4 is 4.74 Å². The molecule has 0 bridgehead atoms. The Kier molecular flexibility index (Phi) is 5.91. The van der Waals surface area contributed by atoms with E-state index in [0.717, 1.165) is 5.56 Å². The Balaban J connectivity index is 1.62. The topological polar surface area (TPSA) is 88.8 Å². The Labute approximate surface area is 170 Å². The number of hydrogen-bond donors (Lipinski definition) is 0. The van der Waals surface area contributed by atoms with Crippen LogP contribution in [0.3, 0.4) is 0 Å². The summed E-state index contributed by atoms with van der Waals surface area (Å²) in [5, 5.41) is 3.94. The lowest BCUT2D eigenvalue weighted by molar-refractivity contribution is -0.148. The van der Waals surface area contributed by atoms with Crippen LogP contribution in [0, 0.1) is 5.41 Å². The molecule has 0 radical (unpaired) electrons. The Morgan fingerprint density at radius 3 is 2.69 bits per heavy atom. The second-order valence-corrected chi connectivity index (χ2v) is 8.36. The van der Waals surface area contributed by atoms with Gasteiger partial charge in [0.25, 0.3) is 5.89 Å². The van der Waals surface area contributed by atoms with Crippen LogP contribution >= 0.6 is 0 Å². The first-order valence-electron chi connectivity index (χ1n) is 9.75. The lowest BCUT2D eigenvalue weighted by atomic mass is 9.93. The third-order valence-electron chi connectivity index (χ3n) is 4.98. The number of aromatic nitrogens is 2. The summed E-state index contributed by atoms with van der Waals surface area (Å²) >= 11 is 0. The number of nitrogens with zero attached hydrogens (tertiary/aromatic N) is 4. The zero-order valence-electron chi connectivity index (χ0n) is 17.6. The number of hydrogen-bond acceptors (Lipinski definition) is 6. The summed E-state index contributed by atoms with van der Waals surface area (Å²) in [6.07, 6.45) is 0.0629. The van der Waals surface area contributed by atoms with E-state index >= 15 is 0 Å². The minimum absolute atomic E-state index is 0.0305. The van der Waals surface area contributed by atoms with E-state index < -0.39 is 5.41 Å². The Hall–Kier alpha value is -2.90. The molecule has 1 aromatic heterocycles. The first kappa shape index (κ1) is 20.8. The van der Waals surface area contributed by atoms with Gasteiger partial charge in [-0.3, -0.25) is 9.59 Å². The van der Waals surface area contributed by atoms with E-state index in [-0.39, 0.29) is 24.3 Å². The molecule has 2 amide bonds. The van der Waals surface area contributed by atoms with E-state index in [9.17, 15) is 9.59 Å². The highest BCUT2D eigenvalue weighted by molar-refractivity contribution is 5.83. The van der Waals surface area contributed by atoms with Crippen molar-refractivity contribution in [3.63, 3.8) is 0 Å². The van der Waals surface area contributed by atoms with Gasteiger partial charge < -0.3 is 19.1 Å². The third-order valence-corrected chi connectivity index (χ3v) is 4.98. The average Bonchev–Trinajstić information content (AvgIpc) is 3.15. The van der Waals surface area contributed by atoms with Crippen molar-refractivity contribution in [2.75, 3.05) is 26.7 Å². The summed E-state index contributed by atoms with van der Waals surface area (Å²) in [7, 11) is 1.59. The van der Waals surface area contributed by atoms with Crippen LogP contribution in [0.5, 0.6) is 5.75 Å². The van der Waals surface area contributed by atoms with Gasteiger partial charge in [-0.2, -0.15) is 4.98 Å². The van der Waals surface area contributed by atoms with Gasteiger partial charge in [0.15, 0.2) is 5.82 Å². The van der Waals surface area contributed by atoms with Gasteiger partial charge in [-0.15, -0.1) is 0 Å². The molecule has 2 heterocycles. The molecule has 1 aliphatic heterocycles.